The summed E-state index contributed by atoms with van der Waals surface area (Å²) in [5, 5.41) is 9.33. The summed E-state index contributed by atoms with van der Waals surface area (Å²) in [6, 6.07) is 0. The van der Waals surface area contributed by atoms with Crippen LogP contribution in [-0.2, 0) is 23.1 Å². The van der Waals surface area contributed by atoms with Crippen LogP contribution in [0, 0.1) is 0 Å². The molecular weight excluding hydrogens is 433 g/mol. The third-order valence-electron chi connectivity index (χ3n) is 5.17. The summed E-state index contributed by atoms with van der Waals surface area (Å²) in [7, 11) is 1.24. The summed E-state index contributed by atoms with van der Waals surface area (Å²) in [6.07, 6.45) is 13.7. The van der Waals surface area contributed by atoms with Gasteiger partial charge in [0.25, 0.3) is 7.82 Å². The first kappa shape index (κ1) is 31.5. The highest BCUT2D eigenvalue weighted by atomic mass is 31.2. The van der Waals surface area contributed by atoms with E-state index in [0.717, 1.165) is 19.3 Å². The van der Waals surface area contributed by atoms with Gasteiger partial charge >= 0.3 is 5.97 Å². The summed E-state index contributed by atoms with van der Waals surface area (Å²) in [6.45, 7) is 1.76. The summed E-state index contributed by atoms with van der Waals surface area (Å²) in [5.41, 5.74) is 0. The molecule has 192 valence electrons. The highest BCUT2D eigenvalue weighted by Gasteiger charge is 2.19. The number of carbonyl (C=O) groups is 1. The molecule has 0 saturated heterocycles. The molecule has 1 unspecified atom stereocenters. The number of hydrogen-bond donors (Lipinski definition) is 1. The number of esters is 1. The van der Waals surface area contributed by atoms with Crippen LogP contribution in [-0.4, -0.2) is 69.2 Å². The molecule has 0 bridgehead atoms. The molecule has 1 N–H and O–H groups in total. The predicted molar refractivity (Wildman–Crippen MR) is 125 cm³/mol. The molecule has 0 fully saturated rings. The molecule has 0 aliphatic carbocycles. The normalized spacial score (nSPS) is 14.8. The van der Waals surface area contributed by atoms with Crippen LogP contribution >= 0.6 is 7.82 Å². The van der Waals surface area contributed by atoms with Crippen molar-refractivity contribution in [3.63, 3.8) is 0 Å². The number of quaternary nitrogens is 1. The number of likely N-dealkylation sites (N-methyl/N-ethyl adjacent to an activating group) is 1. The zero-order valence-corrected chi connectivity index (χ0v) is 21.8. The summed E-state index contributed by atoms with van der Waals surface area (Å²) < 4.78 is 27.0. The second-order valence-electron chi connectivity index (χ2n) is 9.52. The van der Waals surface area contributed by atoms with Gasteiger partial charge in [-0.25, -0.2) is 0 Å². The van der Waals surface area contributed by atoms with Gasteiger partial charge in [-0.05, 0) is 6.42 Å². The smallest absolute Gasteiger partial charge is 0.306 e. The van der Waals surface area contributed by atoms with Crippen molar-refractivity contribution in [3.8, 4) is 0 Å². The average Bonchev–Trinajstić information content (AvgIpc) is 2.70. The maximum absolute atomic E-state index is 11.9. The van der Waals surface area contributed by atoms with Crippen molar-refractivity contribution in [1.82, 2.24) is 0 Å². The van der Waals surface area contributed by atoms with Crippen molar-refractivity contribution < 1.29 is 37.6 Å². The minimum absolute atomic E-state index is 0.00713. The van der Waals surface area contributed by atoms with Crippen LogP contribution in [0.4, 0.5) is 0 Å². The predicted octanol–water partition coefficient (Wildman–Crippen LogP) is 4.19. The van der Waals surface area contributed by atoms with Gasteiger partial charge in [0.15, 0.2) is 0 Å². The molecule has 0 radical (unpaired) electrons. The number of aliphatic hydroxyl groups excluding tert-OH is 1. The molecule has 0 aliphatic rings. The lowest BCUT2D eigenvalue weighted by Crippen LogP contribution is -2.37. The maximum atomic E-state index is 11.9. The van der Waals surface area contributed by atoms with Gasteiger partial charge in [-0.3, -0.25) is 9.36 Å². The van der Waals surface area contributed by atoms with Crippen molar-refractivity contribution in [2.75, 3.05) is 47.5 Å². The lowest BCUT2D eigenvalue weighted by Gasteiger charge is -2.28. The summed E-state index contributed by atoms with van der Waals surface area (Å²) in [4.78, 5) is 23.7. The Morgan fingerprint density at radius 2 is 1.41 bits per heavy atom. The van der Waals surface area contributed by atoms with Crippen molar-refractivity contribution in [2.24, 2.45) is 0 Å². The quantitative estimate of drug-likeness (QED) is 0.107. The first-order valence-electron chi connectivity index (χ1n) is 12.3. The number of carbonyl (C=O) groups excluding carboxylic acids is 1. The monoisotopic (exact) mass is 481 g/mol. The summed E-state index contributed by atoms with van der Waals surface area (Å²) in [5.74, 6) is -0.452. The molecule has 0 rings (SSSR count). The number of ether oxygens (including phenoxy) is 1. The Morgan fingerprint density at radius 3 is 1.88 bits per heavy atom. The van der Waals surface area contributed by atoms with Gasteiger partial charge < -0.3 is 28.3 Å². The SMILES string of the molecule is CCCCCCCCCCCCCCC(=O)O[C@H](CO)COP(=O)([O-])OCC[N+](C)(C)C. The van der Waals surface area contributed by atoms with Gasteiger partial charge in [0, 0.05) is 6.42 Å². The van der Waals surface area contributed by atoms with Crippen molar-refractivity contribution in [3.05, 3.63) is 0 Å². The highest BCUT2D eigenvalue weighted by molar-refractivity contribution is 7.45. The van der Waals surface area contributed by atoms with Crippen LogP contribution in [0.15, 0.2) is 0 Å². The number of hydrogen-bond acceptors (Lipinski definition) is 7. The Bertz CT molecular complexity index is 511. The van der Waals surface area contributed by atoms with Gasteiger partial charge in [0.1, 0.15) is 19.3 Å². The Kier molecular flexibility index (Phi) is 18.6. The second-order valence-corrected chi connectivity index (χ2v) is 10.9. The molecule has 8 nitrogen and oxygen atoms in total. The second kappa shape index (κ2) is 18.9. The Hall–Kier alpha value is -0.500. The van der Waals surface area contributed by atoms with Crippen LogP contribution in [0.5, 0.6) is 0 Å². The van der Waals surface area contributed by atoms with E-state index in [-0.39, 0.29) is 13.0 Å². The Morgan fingerprint density at radius 1 is 0.906 bits per heavy atom. The van der Waals surface area contributed by atoms with Gasteiger partial charge in [0.05, 0.1) is 34.4 Å². The molecule has 32 heavy (non-hydrogen) atoms. The molecule has 0 amide bonds. The first-order valence-corrected chi connectivity index (χ1v) is 13.8. The minimum atomic E-state index is -4.50. The van der Waals surface area contributed by atoms with E-state index in [2.05, 4.69) is 6.92 Å². The minimum Gasteiger partial charge on any atom is -0.756 e. The molecule has 0 aromatic heterocycles. The van der Waals surface area contributed by atoms with Gasteiger partial charge in [-0.1, -0.05) is 77.6 Å². The number of phosphoric acid groups is 1. The van der Waals surface area contributed by atoms with Crippen LogP contribution in [0.25, 0.3) is 0 Å². The topological polar surface area (TPSA) is 105 Å². The van der Waals surface area contributed by atoms with E-state index < -0.39 is 33.1 Å². The van der Waals surface area contributed by atoms with Gasteiger partial charge in [-0.2, -0.15) is 0 Å². The molecule has 0 spiro atoms. The van der Waals surface area contributed by atoms with E-state index in [4.69, 9.17) is 13.8 Å². The van der Waals surface area contributed by atoms with E-state index in [0.29, 0.717) is 11.0 Å². The lowest BCUT2D eigenvalue weighted by molar-refractivity contribution is -0.870. The van der Waals surface area contributed by atoms with Gasteiger partial charge in [-0.15, -0.1) is 0 Å². The van der Waals surface area contributed by atoms with Crippen molar-refractivity contribution in [2.45, 2.75) is 96.5 Å². The van der Waals surface area contributed by atoms with E-state index in [9.17, 15) is 19.4 Å². The fraction of sp³-hybridized carbons (Fsp3) is 0.957. The largest absolute Gasteiger partial charge is 0.756 e. The molecule has 0 aromatic rings. The standard InChI is InChI=1S/C23H48NO7P/c1-5-6-7-8-9-10-11-12-13-14-15-16-17-23(26)31-22(20-25)21-30-32(27,28)29-19-18-24(2,3)4/h22,25H,5-21H2,1-4H3/t22-/m1/s1. The lowest BCUT2D eigenvalue weighted by atomic mass is 10.0. The number of unbranched alkanes of at least 4 members (excludes halogenated alkanes) is 11. The Labute approximate surface area is 195 Å². The average molecular weight is 482 g/mol. The molecular formula is C23H48NO7P. The number of phosphoric ester groups is 1. The molecule has 2 atom stereocenters. The zero-order valence-electron chi connectivity index (χ0n) is 20.9. The van der Waals surface area contributed by atoms with Crippen LogP contribution in [0.1, 0.15) is 90.4 Å². The maximum Gasteiger partial charge on any atom is 0.306 e. The van der Waals surface area contributed by atoms with E-state index >= 15 is 0 Å². The number of nitrogens with zero attached hydrogens (tertiary/aromatic N) is 1. The molecule has 0 aromatic carbocycles. The number of aliphatic hydroxyl groups is 1. The summed E-state index contributed by atoms with van der Waals surface area (Å²) >= 11 is 0. The zero-order chi connectivity index (χ0) is 24.3. The third-order valence-corrected chi connectivity index (χ3v) is 6.13. The molecule has 0 saturated carbocycles. The van der Waals surface area contributed by atoms with E-state index in [1.165, 1.54) is 57.8 Å². The van der Waals surface area contributed by atoms with E-state index in [1.54, 1.807) is 0 Å². The molecule has 0 aliphatic heterocycles. The van der Waals surface area contributed by atoms with Crippen LogP contribution in [0.3, 0.4) is 0 Å². The van der Waals surface area contributed by atoms with Crippen molar-refractivity contribution in [1.29, 1.82) is 0 Å². The Balaban J connectivity index is 3.78. The third kappa shape index (κ3) is 21.4. The van der Waals surface area contributed by atoms with Gasteiger partial charge in [0.2, 0.25) is 0 Å². The highest BCUT2D eigenvalue weighted by Crippen LogP contribution is 2.38. The molecule has 0 heterocycles. The first-order chi connectivity index (χ1) is 15.1. The molecule has 9 heteroatoms. The van der Waals surface area contributed by atoms with E-state index in [1.807, 2.05) is 21.1 Å². The number of rotatable bonds is 22. The van der Waals surface area contributed by atoms with Crippen molar-refractivity contribution >= 4 is 13.8 Å². The van der Waals surface area contributed by atoms with Crippen LogP contribution in [0.2, 0.25) is 0 Å². The fourth-order valence-electron chi connectivity index (χ4n) is 3.12. The fourth-order valence-corrected chi connectivity index (χ4v) is 3.85. The van der Waals surface area contributed by atoms with Crippen LogP contribution < -0.4 is 4.89 Å².